The van der Waals surface area contributed by atoms with Crippen molar-refractivity contribution in [1.29, 1.82) is 0 Å². The zero-order chi connectivity index (χ0) is 11.1. The maximum absolute atomic E-state index is 12.7. The summed E-state index contributed by atoms with van der Waals surface area (Å²) in [6.07, 6.45) is 4.41. The second-order valence-corrected chi connectivity index (χ2v) is 4.74. The quantitative estimate of drug-likeness (QED) is 0.697. The molecule has 82 valence electrons. The molecule has 0 aliphatic heterocycles. The van der Waals surface area contributed by atoms with Gasteiger partial charge in [-0.15, -0.1) is 11.8 Å². The van der Waals surface area contributed by atoms with E-state index in [0.717, 1.165) is 24.2 Å². The highest BCUT2D eigenvalue weighted by Gasteiger charge is 1.97. The van der Waals surface area contributed by atoms with E-state index in [-0.39, 0.29) is 5.82 Å². The average Bonchev–Trinajstić information content (AvgIpc) is 2.22. The Morgan fingerprint density at radius 1 is 1.27 bits per heavy atom. The zero-order valence-electron chi connectivity index (χ0n) is 9.29. The minimum atomic E-state index is -0.174. The Hall–Kier alpha value is -0.760. The van der Waals surface area contributed by atoms with Gasteiger partial charge in [-0.3, -0.25) is 0 Å². The van der Waals surface area contributed by atoms with Crippen molar-refractivity contribution in [3.63, 3.8) is 0 Å². The summed E-state index contributed by atoms with van der Waals surface area (Å²) in [5.41, 5.74) is 1.08. The molecule has 2 heteroatoms. The maximum atomic E-state index is 12.7. The molecule has 0 amide bonds. The van der Waals surface area contributed by atoms with E-state index in [9.17, 15) is 4.39 Å². The number of allylic oxidation sites excluding steroid dienone is 1. The molecule has 0 aromatic heterocycles. The second kappa shape index (κ2) is 6.67. The van der Waals surface area contributed by atoms with Gasteiger partial charge in [-0.2, -0.15) is 0 Å². The first-order chi connectivity index (χ1) is 7.26. The summed E-state index contributed by atoms with van der Waals surface area (Å²) < 4.78 is 12.7. The molecule has 1 aromatic carbocycles. The van der Waals surface area contributed by atoms with Crippen LogP contribution in [0.3, 0.4) is 0 Å². The van der Waals surface area contributed by atoms with Gasteiger partial charge in [0, 0.05) is 0 Å². The first-order valence-corrected chi connectivity index (χ1v) is 6.33. The summed E-state index contributed by atoms with van der Waals surface area (Å²) in [5.74, 6) is 0.917. The zero-order valence-corrected chi connectivity index (χ0v) is 10.1. The fourth-order valence-electron chi connectivity index (χ4n) is 1.36. The van der Waals surface area contributed by atoms with Gasteiger partial charge in [-0.05, 0) is 40.9 Å². The fourth-order valence-corrected chi connectivity index (χ4v) is 2.30. The number of benzene rings is 1. The standard InChI is InChI=1S/C13H17FS/c1-3-5-13(15-4-2)10-11-6-8-12(14)9-7-11/h6-10H,3-5H2,1-2H3/b13-10+. The van der Waals surface area contributed by atoms with Gasteiger partial charge >= 0.3 is 0 Å². The summed E-state index contributed by atoms with van der Waals surface area (Å²) in [6, 6.07) is 6.65. The predicted molar refractivity (Wildman–Crippen MR) is 67.4 cm³/mol. The van der Waals surface area contributed by atoms with Gasteiger partial charge in [-0.1, -0.05) is 32.4 Å². The summed E-state index contributed by atoms with van der Waals surface area (Å²) >= 11 is 1.87. The molecule has 0 saturated heterocycles. The van der Waals surface area contributed by atoms with Crippen LogP contribution in [-0.4, -0.2) is 5.75 Å². The van der Waals surface area contributed by atoms with Crippen LogP contribution >= 0.6 is 11.8 Å². The van der Waals surface area contributed by atoms with Gasteiger partial charge in [0.1, 0.15) is 5.82 Å². The molecular weight excluding hydrogens is 207 g/mol. The molecular formula is C13H17FS. The average molecular weight is 224 g/mol. The van der Waals surface area contributed by atoms with Crippen molar-refractivity contribution >= 4 is 17.8 Å². The summed E-state index contributed by atoms with van der Waals surface area (Å²) in [5, 5.41) is 0. The van der Waals surface area contributed by atoms with Crippen molar-refractivity contribution in [2.75, 3.05) is 5.75 Å². The molecule has 0 N–H and O–H groups in total. The summed E-state index contributed by atoms with van der Waals surface area (Å²) in [6.45, 7) is 4.33. The fraction of sp³-hybridized carbons (Fsp3) is 0.385. The molecule has 0 nitrogen and oxygen atoms in total. The van der Waals surface area contributed by atoms with Crippen molar-refractivity contribution in [2.24, 2.45) is 0 Å². The topological polar surface area (TPSA) is 0 Å². The van der Waals surface area contributed by atoms with Crippen molar-refractivity contribution in [1.82, 2.24) is 0 Å². The van der Waals surface area contributed by atoms with Crippen LogP contribution in [0.15, 0.2) is 29.2 Å². The van der Waals surface area contributed by atoms with E-state index >= 15 is 0 Å². The highest BCUT2D eigenvalue weighted by atomic mass is 32.2. The molecule has 15 heavy (non-hydrogen) atoms. The Kier molecular flexibility index (Phi) is 5.48. The van der Waals surface area contributed by atoms with E-state index in [4.69, 9.17) is 0 Å². The molecule has 0 saturated carbocycles. The predicted octanol–water partition coefficient (Wildman–Crippen LogP) is 4.72. The van der Waals surface area contributed by atoms with E-state index in [1.54, 1.807) is 0 Å². The number of thioether (sulfide) groups is 1. The lowest BCUT2D eigenvalue weighted by atomic mass is 10.2. The SMILES string of the molecule is CCC/C(=C\c1ccc(F)cc1)SCC. The van der Waals surface area contributed by atoms with Gasteiger partial charge in [0.25, 0.3) is 0 Å². The van der Waals surface area contributed by atoms with Crippen molar-refractivity contribution in [3.05, 3.63) is 40.6 Å². The molecule has 0 bridgehead atoms. The highest BCUT2D eigenvalue weighted by Crippen LogP contribution is 2.23. The Morgan fingerprint density at radius 3 is 2.47 bits per heavy atom. The molecule has 0 aliphatic carbocycles. The first kappa shape index (κ1) is 12.3. The Labute approximate surface area is 95.6 Å². The van der Waals surface area contributed by atoms with E-state index in [0.29, 0.717) is 0 Å². The lowest BCUT2D eigenvalue weighted by molar-refractivity contribution is 0.628. The monoisotopic (exact) mass is 224 g/mol. The van der Waals surface area contributed by atoms with Crippen LogP contribution < -0.4 is 0 Å². The smallest absolute Gasteiger partial charge is 0.123 e. The van der Waals surface area contributed by atoms with E-state index in [1.165, 1.54) is 17.0 Å². The third-order valence-electron chi connectivity index (χ3n) is 2.02. The largest absolute Gasteiger partial charge is 0.207 e. The Balaban J connectivity index is 2.76. The molecule has 1 rings (SSSR count). The molecule has 0 heterocycles. The number of rotatable bonds is 5. The third kappa shape index (κ3) is 4.52. The van der Waals surface area contributed by atoms with E-state index < -0.39 is 0 Å². The van der Waals surface area contributed by atoms with Gasteiger partial charge in [0.15, 0.2) is 0 Å². The molecule has 0 fully saturated rings. The van der Waals surface area contributed by atoms with Crippen molar-refractivity contribution in [2.45, 2.75) is 26.7 Å². The van der Waals surface area contributed by atoms with Crippen LogP contribution in [0.1, 0.15) is 32.3 Å². The summed E-state index contributed by atoms with van der Waals surface area (Å²) in [4.78, 5) is 1.38. The minimum Gasteiger partial charge on any atom is -0.207 e. The van der Waals surface area contributed by atoms with Gasteiger partial charge in [0.05, 0.1) is 0 Å². The number of halogens is 1. The third-order valence-corrected chi connectivity index (χ3v) is 3.01. The van der Waals surface area contributed by atoms with Crippen LogP contribution in [0, 0.1) is 5.82 Å². The van der Waals surface area contributed by atoms with Crippen molar-refractivity contribution in [3.8, 4) is 0 Å². The van der Waals surface area contributed by atoms with Gasteiger partial charge in [0.2, 0.25) is 0 Å². The highest BCUT2D eigenvalue weighted by molar-refractivity contribution is 8.03. The maximum Gasteiger partial charge on any atom is 0.123 e. The first-order valence-electron chi connectivity index (χ1n) is 5.35. The van der Waals surface area contributed by atoms with Crippen LogP contribution in [0.5, 0.6) is 0 Å². The van der Waals surface area contributed by atoms with Crippen LogP contribution in [-0.2, 0) is 0 Å². The van der Waals surface area contributed by atoms with Crippen LogP contribution in [0.4, 0.5) is 4.39 Å². The Morgan fingerprint density at radius 2 is 1.93 bits per heavy atom. The summed E-state index contributed by atoms with van der Waals surface area (Å²) in [7, 11) is 0. The molecule has 0 atom stereocenters. The molecule has 0 spiro atoms. The second-order valence-electron chi connectivity index (χ2n) is 3.35. The molecule has 1 aromatic rings. The number of hydrogen-bond acceptors (Lipinski definition) is 1. The van der Waals surface area contributed by atoms with Gasteiger partial charge in [-0.25, -0.2) is 4.39 Å². The van der Waals surface area contributed by atoms with Gasteiger partial charge < -0.3 is 0 Å². The number of hydrogen-bond donors (Lipinski definition) is 0. The van der Waals surface area contributed by atoms with Crippen LogP contribution in [0.2, 0.25) is 0 Å². The lowest BCUT2D eigenvalue weighted by Crippen LogP contribution is -1.81. The normalized spacial score (nSPS) is 11.8. The van der Waals surface area contributed by atoms with E-state index in [1.807, 2.05) is 23.9 Å². The molecule has 0 aliphatic rings. The Bertz CT molecular complexity index is 306. The van der Waals surface area contributed by atoms with E-state index in [2.05, 4.69) is 19.9 Å². The molecule has 0 unspecified atom stereocenters. The minimum absolute atomic E-state index is 0.174. The lowest BCUT2D eigenvalue weighted by Gasteiger charge is -2.03. The van der Waals surface area contributed by atoms with Crippen molar-refractivity contribution < 1.29 is 4.39 Å². The molecule has 0 radical (unpaired) electrons. The van der Waals surface area contributed by atoms with Crippen LogP contribution in [0.25, 0.3) is 6.08 Å².